The lowest BCUT2D eigenvalue weighted by Crippen LogP contribution is -1.98. The van der Waals surface area contributed by atoms with E-state index in [1.54, 1.807) is 30.6 Å². The van der Waals surface area contributed by atoms with E-state index >= 15 is 0 Å². The lowest BCUT2D eigenvalue weighted by atomic mass is 10.3. The molecule has 0 fully saturated rings. The summed E-state index contributed by atoms with van der Waals surface area (Å²) in [4.78, 5) is 23.6. The summed E-state index contributed by atoms with van der Waals surface area (Å²) in [6.07, 6.45) is 3.23. The number of non-ortho nitro benzene ring substituents is 1. The minimum atomic E-state index is -0.456. The second-order valence-corrected chi connectivity index (χ2v) is 5.32. The van der Waals surface area contributed by atoms with E-state index in [0.29, 0.717) is 22.5 Å². The Kier molecular flexibility index (Phi) is 3.62. The maximum Gasteiger partial charge on any atom is 0.271 e. The van der Waals surface area contributed by atoms with Crippen molar-refractivity contribution in [2.75, 3.05) is 11.1 Å². The molecule has 0 atom stereocenters. The molecule has 3 aromatic rings. The molecule has 3 N–H and O–H groups in total. The third-order valence-corrected chi connectivity index (χ3v) is 3.59. The van der Waals surface area contributed by atoms with Gasteiger partial charge < -0.3 is 11.1 Å². The maximum absolute atomic E-state index is 10.8. The number of thiazole rings is 1. The zero-order valence-corrected chi connectivity index (χ0v) is 11.9. The highest BCUT2D eigenvalue weighted by atomic mass is 32.1. The van der Waals surface area contributed by atoms with Crippen LogP contribution in [-0.4, -0.2) is 19.9 Å². The van der Waals surface area contributed by atoms with Crippen LogP contribution in [0.4, 0.5) is 22.5 Å². The van der Waals surface area contributed by atoms with Crippen molar-refractivity contribution in [3.63, 3.8) is 0 Å². The molecule has 1 aromatic carbocycles. The first-order chi connectivity index (χ1) is 10.6. The molecular formula is C13H10N6O2S. The van der Waals surface area contributed by atoms with E-state index < -0.39 is 4.92 Å². The highest BCUT2D eigenvalue weighted by molar-refractivity contribution is 7.18. The van der Waals surface area contributed by atoms with Gasteiger partial charge in [-0.1, -0.05) is 17.4 Å². The highest BCUT2D eigenvalue weighted by Gasteiger charge is 2.08. The van der Waals surface area contributed by atoms with Crippen LogP contribution < -0.4 is 11.1 Å². The zero-order chi connectivity index (χ0) is 15.5. The van der Waals surface area contributed by atoms with Crippen LogP contribution >= 0.6 is 11.3 Å². The molecule has 0 aliphatic rings. The molecule has 0 radical (unpaired) electrons. The zero-order valence-electron chi connectivity index (χ0n) is 11.1. The van der Waals surface area contributed by atoms with Gasteiger partial charge in [-0.25, -0.2) is 15.0 Å². The number of aromatic nitrogens is 3. The van der Waals surface area contributed by atoms with Crippen LogP contribution in [0, 0.1) is 10.1 Å². The van der Waals surface area contributed by atoms with Gasteiger partial charge >= 0.3 is 0 Å². The molecule has 0 unspecified atom stereocenters. The number of nitro groups is 1. The number of nitrogens with one attached hydrogen (secondary N) is 1. The van der Waals surface area contributed by atoms with Crippen molar-refractivity contribution in [3.05, 3.63) is 52.8 Å². The van der Waals surface area contributed by atoms with Gasteiger partial charge in [-0.05, 0) is 12.1 Å². The second-order valence-electron chi connectivity index (χ2n) is 4.26. The molecule has 0 saturated heterocycles. The van der Waals surface area contributed by atoms with Crippen LogP contribution in [0.5, 0.6) is 0 Å². The van der Waals surface area contributed by atoms with Gasteiger partial charge in [0.15, 0.2) is 5.13 Å². The smallest absolute Gasteiger partial charge is 0.271 e. The van der Waals surface area contributed by atoms with E-state index in [-0.39, 0.29) is 5.69 Å². The fraction of sp³-hybridized carbons (Fsp3) is 0. The third kappa shape index (κ3) is 2.99. The van der Waals surface area contributed by atoms with E-state index in [1.807, 2.05) is 0 Å². The first-order valence-corrected chi connectivity index (χ1v) is 7.00. The Bertz CT molecular complexity index is 835. The van der Waals surface area contributed by atoms with Gasteiger partial charge in [0.1, 0.15) is 0 Å². The first kappa shape index (κ1) is 13.9. The predicted octanol–water partition coefficient (Wildman–Crippen LogP) is 2.83. The van der Waals surface area contributed by atoms with Crippen molar-refractivity contribution < 1.29 is 4.92 Å². The SMILES string of the molecule is Nc1ncc(-c2ccnc(Nc3cccc([N+](=O)[O-])c3)n2)s1. The van der Waals surface area contributed by atoms with Crippen LogP contribution in [-0.2, 0) is 0 Å². The number of nitrogens with two attached hydrogens (primary N) is 1. The number of nitrogen functional groups attached to an aromatic ring is 1. The Balaban J connectivity index is 1.87. The number of nitrogens with zero attached hydrogens (tertiary/aromatic N) is 4. The summed E-state index contributed by atoms with van der Waals surface area (Å²) in [6, 6.07) is 7.87. The van der Waals surface area contributed by atoms with E-state index in [4.69, 9.17) is 5.73 Å². The van der Waals surface area contributed by atoms with E-state index in [2.05, 4.69) is 20.3 Å². The molecule has 8 nitrogen and oxygen atoms in total. The molecule has 9 heteroatoms. The van der Waals surface area contributed by atoms with Crippen LogP contribution in [0.3, 0.4) is 0 Å². The number of nitro benzene ring substituents is 1. The lowest BCUT2D eigenvalue weighted by molar-refractivity contribution is -0.384. The topological polar surface area (TPSA) is 120 Å². The molecule has 0 aliphatic carbocycles. The van der Waals surface area contributed by atoms with E-state index in [1.165, 1.54) is 23.5 Å². The summed E-state index contributed by atoms with van der Waals surface area (Å²) in [5.41, 5.74) is 6.82. The van der Waals surface area contributed by atoms with E-state index in [9.17, 15) is 10.1 Å². The predicted molar refractivity (Wildman–Crippen MR) is 83.9 cm³/mol. The van der Waals surface area contributed by atoms with Gasteiger partial charge in [0, 0.05) is 30.2 Å². The Morgan fingerprint density at radius 1 is 1.27 bits per heavy atom. The van der Waals surface area contributed by atoms with Gasteiger partial charge in [-0.15, -0.1) is 0 Å². The molecule has 22 heavy (non-hydrogen) atoms. The normalized spacial score (nSPS) is 10.4. The fourth-order valence-corrected chi connectivity index (χ4v) is 2.44. The van der Waals surface area contributed by atoms with Crippen LogP contribution in [0.25, 0.3) is 10.6 Å². The molecule has 0 amide bonds. The van der Waals surface area contributed by atoms with Gasteiger partial charge in [0.25, 0.3) is 5.69 Å². The first-order valence-electron chi connectivity index (χ1n) is 6.18. The summed E-state index contributed by atoms with van der Waals surface area (Å²) in [5, 5.41) is 14.2. The number of rotatable bonds is 4. The lowest BCUT2D eigenvalue weighted by Gasteiger charge is -2.05. The standard InChI is InChI=1S/C13H10N6O2S/c14-12-16-7-11(22-12)10-4-5-15-13(18-10)17-8-2-1-3-9(6-8)19(20)21/h1-7H,(H2,14,16)(H,15,17,18). The third-order valence-electron chi connectivity index (χ3n) is 2.74. The Morgan fingerprint density at radius 3 is 2.86 bits per heavy atom. The van der Waals surface area contributed by atoms with Crippen LogP contribution in [0.2, 0.25) is 0 Å². The molecule has 0 bridgehead atoms. The summed E-state index contributed by atoms with van der Waals surface area (Å²) >= 11 is 1.32. The molecule has 110 valence electrons. The molecule has 0 spiro atoms. The Morgan fingerprint density at radius 2 is 2.14 bits per heavy atom. The van der Waals surface area contributed by atoms with Crippen molar-refractivity contribution in [3.8, 4) is 10.6 Å². The van der Waals surface area contributed by atoms with Crippen molar-refractivity contribution in [2.45, 2.75) is 0 Å². The Hall–Kier alpha value is -3.07. The van der Waals surface area contributed by atoms with Gasteiger partial charge in [-0.2, -0.15) is 0 Å². The molecule has 0 aliphatic heterocycles. The van der Waals surface area contributed by atoms with Gasteiger partial charge in [0.05, 0.1) is 15.5 Å². The largest absolute Gasteiger partial charge is 0.375 e. The molecule has 3 rings (SSSR count). The number of hydrogen-bond donors (Lipinski definition) is 2. The summed E-state index contributed by atoms with van der Waals surface area (Å²) < 4.78 is 0. The van der Waals surface area contributed by atoms with Crippen molar-refractivity contribution in [1.82, 2.24) is 15.0 Å². The average molecular weight is 314 g/mol. The maximum atomic E-state index is 10.8. The molecule has 2 aromatic heterocycles. The monoisotopic (exact) mass is 314 g/mol. The summed E-state index contributed by atoms with van der Waals surface area (Å²) in [5.74, 6) is 0.338. The Labute approximate surface area is 128 Å². The number of hydrogen-bond acceptors (Lipinski definition) is 8. The number of benzene rings is 1. The molecular weight excluding hydrogens is 304 g/mol. The summed E-state index contributed by atoms with van der Waals surface area (Å²) in [6.45, 7) is 0. The molecule has 2 heterocycles. The van der Waals surface area contributed by atoms with Crippen LogP contribution in [0.1, 0.15) is 0 Å². The van der Waals surface area contributed by atoms with Crippen LogP contribution in [0.15, 0.2) is 42.7 Å². The van der Waals surface area contributed by atoms with Gasteiger partial charge in [-0.3, -0.25) is 10.1 Å². The minimum absolute atomic E-state index is 0.00335. The van der Waals surface area contributed by atoms with Crippen molar-refractivity contribution in [1.29, 1.82) is 0 Å². The number of anilines is 3. The fourth-order valence-electron chi connectivity index (χ4n) is 1.79. The van der Waals surface area contributed by atoms with E-state index in [0.717, 1.165) is 4.88 Å². The van der Waals surface area contributed by atoms with Gasteiger partial charge in [0.2, 0.25) is 5.95 Å². The average Bonchev–Trinajstić information content (AvgIpc) is 2.94. The van der Waals surface area contributed by atoms with Crippen molar-refractivity contribution >= 4 is 33.8 Å². The second kappa shape index (κ2) is 5.74. The minimum Gasteiger partial charge on any atom is -0.375 e. The highest BCUT2D eigenvalue weighted by Crippen LogP contribution is 2.26. The molecule has 0 saturated carbocycles. The quantitative estimate of drug-likeness (QED) is 0.561. The summed E-state index contributed by atoms with van der Waals surface area (Å²) in [7, 11) is 0. The van der Waals surface area contributed by atoms with Crippen molar-refractivity contribution in [2.24, 2.45) is 0 Å².